The number of amides is 1. The average Bonchev–Trinajstić information content (AvgIpc) is 2.41. The third kappa shape index (κ3) is 5.16. The van der Waals surface area contributed by atoms with Crippen LogP contribution in [0, 0.1) is 0 Å². The normalized spacial score (nSPS) is 20.9. The number of benzene rings is 1. The largest absolute Gasteiger partial charge is 0.442 e. The number of carbonyl (C=O) groups excluding carboxylic acids is 1. The molecule has 1 unspecified atom stereocenters. The summed E-state index contributed by atoms with van der Waals surface area (Å²) < 4.78 is 5.41. The lowest BCUT2D eigenvalue weighted by atomic mass is 10.0. The summed E-state index contributed by atoms with van der Waals surface area (Å²) in [7, 11) is 0. The monoisotopic (exact) mass is 259 g/mol. The molecule has 3 heteroatoms. The van der Waals surface area contributed by atoms with Crippen LogP contribution in [0.1, 0.15) is 37.7 Å². The lowest BCUT2D eigenvalue weighted by Crippen LogP contribution is -2.28. The van der Waals surface area contributed by atoms with Crippen molar-refractivity contribution in [3.05, 3.63) is 48.0 Å². The Balaban J connectivity index is 1.75. The molecule has 0 heterocycles. The molecule has 3 nitrogen and oxygen atoms in total. The van der Waals surface area contributed by atoms with Crippen LogP contribution in [0.4, 0.5) is 4.79 Å². The van der Waals surface area contributed by atoms with Gasteiger partial charge in [-0.05, 0) is 37.3 Å². The van der Waals surface area contributed by atoms with Gasteiger partial charge in [-0.25, -0.2) is 4.79 Å². The second-order valence-corrected chi connectivity index (χ2v) is 4.85. The van der Waals surface area contributed by atoms with Gasteiger partial charge in [-0.15, -0.1) is 0 Å². The first-order valence-corrected chi connectivity index (χ1v) is 6.99. The molecule has 1 aromatic rings. The van der Waals surface area contributed by atoms with E-state index in [9.17, 15) is 4.79 Å². The number of nitrogens with one attached hydrogen (secondary N) is 1. The van der Waals surface area contributed by atoms with Gasteiger partial charge < -0.3 is 10.1 Å². The van der Waals surface area contributed by atoms with Crippen LogP contribution in [-0.2, 0) is 11.3 Å². The van der Waals surface area contributed by atoms with E-state index in [-0.39, 0.29) is 12.2 Å². The van der Waals surface area contributed by atoms with Crippen molar-refractivity contribution in [3.8, 4) is 0 Å². The molecule has 2 rings (SSSR count). The molecule has 1 aliphatic rings. The molecule has 0 aromatic heterocycles. The summed E-state index contributed by atoms with van der Waals surface area (Å²) in [6.07, 6.45) is 9.33. The maximum atomic E-state index is 11.7. The highest BCUT2D eigenvalue weighted by atomic mass is 16.6. The standard InChI is InChI=1S/C16H21NO2/c18-16(17-13-14-9-5-4-6-10-14)19-15-11-7-2-1-3-8-12-15/h4-7,9-11,15H,1-3,8,12-13H2,(H,17,18)/b11-7+. The highest BCUT2D eigenvalue weighted by molar-refractivity contribution is 5.67. The Bertz CT molecular complexity index is 414. The van der Waals surface area contributed by atoms with Crippen LogP contribution in [0.2, 0.25) is 0 Å². The third-order valence-electron chi connectivity index (χ3n) is 3.25. The van der Waals surface area contributed by atoms with Gasteiger partial charge in [-0.3, -0.25) is 0 Å². The molecule has 19 heavy (non-hydrogen) atoms. The summed E-state index contributed by atoms with van der Waals surface area (Å²) in [5.41, 5.74) is 1.08. The van der Waals surface area contributed by atoms with Gasteiger partial charge in [0.1, 0.15) is 6.10 Å². The molecular formula is C16H21NO2. The number of hydrogen-bond donors (Lipinski definition) is 1. The summed E-state index contributed by atoms with van der Waals surface area (Å²) in [5.74, 6) is 0. The fourth-order valence-corrected chi connectivity index (χ4v) is 2.18. The lowest BCUT2D eigenvalue weighted by Gasteiger charge is -2.16. The van der Waals surface area contributed by atoms with E-state index < -0.39 is 0 Å². The molecule has 1 atom stereocenters. The van der Waals surface area contributed by atoms with Crippen LogP contribution in [0.3, 0.4) is 0 Å². The van der Waals surface area contributed by atoms with E-state index in [0.29, 0.717) is 6.54 Å². The quantitative estimate of drug-likeness (QED) is 0.838. The number of hydrogen-bond acceptors (Lipinski definition) is 2. The first-order chi connectivity index (χ1) is 9.34. The zero-order valence-corrected chi connectivity index (χ0v) is 11.2. The van der Waals surface area contributed by atoms with Gasteiger partial charge in [0.25, 0.3) is 0 Å². The maximum absolute atomic E-state index is 11.7. The summed E-state index contributed by atoms with van der Waals surface area (Å²) >= 11 is 0. The molecule has 0 saturated heterocycles. The summed E-state index contributed by atoms with van der Waals surface area (Å²) in [6, 6.07) is 9.84. The molecular weight excluding hydrogens is 238 g/mol. The van der Waals surface area contributed by atoms with Crippen LogP contribution in [0.25, 0.3) is 0 Å². The summed E-state index contributed by atoms with van der Waals surface area (Å²) in [5, 5.41) is 2.79. The minimum absolute atomic E-state index is 0.0731. The van der Waals surface area contributed by atoms with Crippen molar-refractivity contribution in [2.75, 3.05) is 0 Å². The molecule has 0 spiro atoms. The zero-order chi connectivity index (χ0) is 13.3. The molecule has 0 fully saturated rings. The van der Waals surface area contributed by atoms with E-state index in [1.54, 1.807) is 0 Å². The minimum atomic E-state index is -0.334. The zero-order valence-electron chi connectivity index (χ0n) is 11.2. The van der Waals surface area contributed by atoms with Gasteiger partial charge in [-0.1, -0.05) is 42.8 Å². The van der Waals surface area contributed by atoms with Crippen molar-refractivity contribution >= 4 is 6.09 Å². The molecule has 0 saturated carbocycles. The highest BCUT2D eigenvalue weighted by Gasteiger charge is 2.12. The smallest absolute Gasteiger partial charge is 0.407 e. The van der Waals surface area contributed by atoms with Crippen molar-refractivity contribution in [2.45, 2.75) is 44.8 Å². The van der Waals surface area contributed by atoms with Crippen molar-refractivity contribution in [2.24, 2.45) is 0 Å². The van der Waals surface area contributed by atoms with E-state index in [2.05, 4.69) is 11.4 Å². The van der Waals surface area contributed by atoms with Crippen LogP contribution in [0.15, 0.2) is 42.5 Å². The maximum Gasteiger partial charge on any atom is 0.407 e. The number of ether oxygens (including phenoxy) is 1. The van der Waals surface area contributed by atoms with Gasteiger partial charge in [0.15, 0.2) is 0 Å². The highest BCUT2D eigenvalue weighted by Crippen LogP contribution is 2.14. The Morgan fingerprint density at radius 3 is 2.89 bits per heavy atom. The van der Waals surface area contributed by atoms with Crippen LogP contribution < -0.4 is 5.32 Å². The topological polar surface area (TPSA) is 38.3 Å². The average molecular weight is 259 g/mol. The van der Waals surface area contributed by atoms with E-state index >= 15 is 0 Å². The van der Waals surface area contributed by atoms with E-state index in [1.807, 2.05) is 36.4 Å². The SMILES string of the molecule is O=C(NCc1ccccc1)OC1/C=C/CCCCC1. The van der Waals surface area contributed by atoms with E-state index in [4.69, 9.17) is 4.74 Å². The number of alkyl carbamates (subject to hydrolysis) is 1. The van der Waals surface area contributed by atoms with Gasteiger partial charge in [0.2, 0.25) is 0 Å². The third-order valence-corrected chi connectivity index (χ3v) is 3.25. The Hall–Kier alpha value is -1.77. The molecule has 102 valence electrons. The van der Waals surface area contributed by atoms with Crippen LogP contribution >= 0.6 is 0 Å². The summed E-state index contributed by atoms with van der Waals surface area (Å²) in [4.78, 5) is 11.7. The molecule has 1 aliphatic carbocycles. The molecule has 0 aliphatic heterocycles. The first-order valence-electron chi connectivity index (χ1n) is 6.99. The summed E-state index contributed by atoms with van der Waals surface area (Å²) in [6.45, 7) is 0.510. The molecule has 0 radical (unpaired) electrons. The Kier molecular flexibility index (Phi) is 5.48. The Morgan fingerprint density at radius 2 is 2.05 bits per heavy atom. The van der Waals surface area contributed by atoms with Gasteiger partial charge >= 0.3 is 6.09 Å². The molecule has 0 bridgehead atoms. The predicted octanol–water partition coefficient (Wildman–Crippen LogP) is 3.80. The molecule has 1 amide bonds. The van der Waals surface area contributed by atoms with E-state index in [1.165, 1.54) is 12.8 Å². The van der Waals surface area contributed by atoms with E-state index in [0.717, 1.165) is 24.8 Å². The van der Waals surface area contributed by atoms with Crippen LogP contribution in [-0.4, -0.2) is 12.2 Å². The number of allylic oxidation sites excluding steroid dienone is 1. The number of carbonyl (C=O) groups is 1. The number of rotatable bonds is 3. The molecule has 1 N–H and O–H groups in total. The lowest BCUT2D eigenvalue weighted by molar-refractivity contribution is 0.113. The second-order valence-electron chi connectivity index (χ2n) is 4.85. The van der Waals surface area contributed by atoms with Crippen molar-refractivity contribution in [1.29, 1.82) is 0 Å². The fraction of sp³-hybridized carbons (Fsp3) is 0.438. The van der Waals surface area contributed by atoms with Crippen LogP contribution in [0.5, 0.6) is 0 Å². The van der Waals surface area contributed by atoms with Crippen molar-refractivity contribution < 1.29 is 9.53 Å². The van der Waals surface area contributed by atoms with Gasteiger partial charge in [-0.2, -0.15) is 0 Å². The second kappa shape index (κ2) is 7.62. The predicted molar refractivity (Wildman–Crippen MR) is 75.8 cm³/mol. The van der Waals surface area contributed by atoms with Gasteiger partial charge in [0.05, 0.1) is 0 Å². The molecule has 1 aromatic carbocycles. The Labute approximate surface area is 114 Å². The van der Waals surface area contributed by atoms with Crippen molar-refractivity contribution in [3.63, 3.8) is 0 Å². The Morgan fingerprint density at radius 1 is 1.21 bits per heavy atom. The fourth-order valence-electron chi connectivity index (χ4n) is 2.18. The van der Waals surface area contributed by atoms with Gasteiger partial charge in [0, 0.05) is 6.54 Å². The van der Waals surface area contributed by atoms with Crippen molar-refractivity contribution in [1.82, 2.24) is 5.32 Å². The minimum Gasteiger partial charge on any atom is -0.442 e. The first kappa shape index (κ1) is 13.7.